The highest BCUT2D eigenvalue weighted by Gasteiger charge is 2.16. The highest BCUT2D eigenvalue weighted by atomic mass is 28.3. The SMILES string of the molecule is COC(=O)N(C)[SiH](C)OC. The highest BCUT2D eigenvalue weighted by molar-refractivity contribution is 6.49. The van der Waals surface area contributed by atoms with Crippen molar-refractivity contribution in [3.05, 3.63) is 0 Å². The van der Waals surface area contributed by atoms with E-state index in [-0.39, 0.29) is 6.09 Å². The summed E-state index contributed by atoms with van der Waals surface area (Å²) < 4.78 is 11.0. The van der Waals surface area contributed by atoms with Crippen LogP contribution in [0, 0.1) is 0 Å². The molecule has 0 saturated heterocycles. The van der Waals surface area contributed by atoms with Crippen molar-refractivity contribution in [2.75, 3.05) is 21.3 Å². The molecule has 0 N–H and O–H groups in total. The molecule has 0 fully saturated rings. The molecular weight excluding hydrogens is 150 g/mol. The number of ether oxygens (including phenoxy) is 1. The maximum atomic E-state index is 10.8. The van der Waals surface area contributed by atoms with E-state index < -0.39 is 9.20 Å². The molecule has 0 bridgehead atoms. The van der Waals surface area contributed by atoms with E-state index in [1.54, 1.807) is 14.2 Å². The molecule has 0 rings (SSSR count). The van der Waals surface area contributed by atoms with Gasteiger partial charge >= 0.3 is 6.09 Å². The summed E-state index contributed by atoms with van der Waals surface area (Å²) >= 11 is 0. The van der Waals surface area contributed by atoms with Crippen LogP contribution < -0.4 is 0 Å². The van der Waals surface area contributed by atoms with Crippen molar-refractivity contribution < 1.29 is 14.0 Å². The fourth-order valence-corrected chi connectivity index (χ4v) is 1.17. The summed E-state index contributed by atoms with van der Waals surface area (Å²) in [6.07, 6.45) is -0.332. The minimum atomic E-state index is -1.49. The molecule has 1 amide bonds. The standard InChI is InChI=1S/C5H13NO3Si/c1-6(5(7)8-2)10(4)9-3/h10H,1-4H3. The minimum absolute atomic E-state index is 0.332. The van der Waals surface area contributed by atoms with Crippen LogP contribution in [0.5, 0.6) is 0 Å². The van der Waals surface area contributed by atoms with Gasteiger partial charge in [-0.25, -0.2) is 4.79 Å². The van der Waals surface area contributed by atoms with Crippen LogP contribution in [0.4, 0.5) is 4.79 Å². The van der Waals surface area contributed by atoms with E-state index in [1.807, 2.05) is 6.55 Å². The maximum Gasteiger partial charge on any atom is 0.402 e. The summed E-state index contributed by atoms with van der Waals surface area (Å²) in [5.74, 6) is 0. The first-order valence-corrected chi connectivity index (χ1v) is 5.11. The second kappa shape index (κ2) is 4.29. The van der Waals surface area contributed by atoms with Crippen LogP contribution in [0.25, 0.3) is 0 Å². The zero-order valence-electron chi connectivity index (χ0n) is 6.75. The molecular formula is C5H13NO3Si. The van der Waals surface area contributed by atoms with E-state index in [1.165, 1.54) is 11.7 Å². The van der Waals surface area contributed by atoms with Gasteiger partial charge in [-0.1, -0.05) is 0 Å². The van der Waals surface area contributed by atoms with Crippen molar-refractivity contribution in [3.8, 4) is 0 Å². The Morgan fingerprint density at radius 1 is 1.50 bits per heavy atom. The molecule has 5 heteroatoms. The topological polar surface area (TPSA) is 38.8 Å². The second-order valence-electron chi connectivity index (χ2n) is 1.92. The van der Waals surface area contributed by atoms with Gasteiger partial charge in [-0.05, 0) is 6.55 Å². The molecule has 0 aromatic heterocycles. The van der Waals surface area contributed by atoms with E-state index in [4.69, 9.17) is 4.43 Å². The summed E-state index contributed by atoms with van der Waals surface area (Å²) in [7, 11) is 3.13. The van der Waals surface area contributed by atoms with E-state index in [0.717, 1.165) is 0 Å². The molecule has 0 spiro atoms. The Kier molecular flexibility index (Phi) is 4.05. The van der Waals surface area contributed by atoms with E-state index in [2.05, 4.69) is 4.74 Å². The van der Waals surface area contributed by atoms with Crippen LogP contribution in [-0.4, -0.2) is 41.1 Å². The van der Waals surface area contributed by atoms with Crippen molar-refractivity contribution in [2.24, 2.45) is 0 Å². The second-order valence-corrected chi connectivity index (χ2v) is 4.36. The summed E-state index contributed by atoms with van der Waals surface area (Å²) in [4.78, 5) is 10.8. The Balaban J connectivity index is 3.81. The lowest BCUT2D eigenvalue weighted by Gasteiger charge is -2.19. The quantitative estimate of drug-likeness (QED) is 0.545. The van der Waals surface area contributed by atoms with Gasteiger partial charge in [0.05, 0.1) is 7.11 Å². The van der Waals surface area contributed by atoms with Gasteiger partial charge in [0, 0.05) is 14.2 Å². The van der Waals surface area contributed by atoms with Crippen LogP contribution in [0.15, 0.2) is 0 Å². The first-order chi connectivity index (χ1) is 4.63. The predicted octanol–water partition coefficient (Wildman–Crippen LogP) is 0.181. The van der Waals surface area contributed by atoms with Gasteiger partial charge < -0.3 is 13.7 Å². The van der Waals surface area contributed by atoms with Crippen molar-refractivity contribution >= 4 is 15.3 Å². The number of carbonyl (C=O) groups is 1. The molecule has 1 atom stereocenters. The lowest BCUT2D eigenvalue weighted by atomic mass is 11.1. The van der Waals surface area contributed by atoms with E-state index in [0.29, 0.717) is 0 Å². The van der Waals surface area contributed by atoms with Crippen LogP contribution in [0.3, 0.4) is 0 Å². The first-order valence-electron chi connectivity index (χ1n) is 2.97. The summed E-state index contributed by atoms with van der Waals surface area (Å²) in [5, 5.41) is 0. The normalized spacial score (nSPS) is 12.4. The lowest BCUT2D eigenvalue weighted by Crippen LogP contribution is -2.39. The molecule has 0 aliphatic rings. The molecule has 0 aromatic carbocycles. The number of hydrogen-bond acceptors (Lipinski definition) is 3. The van der Waals surface area contributed by atoms with E-state index >= 15 is 0 Å². The molecule has 0 aliphatic carbocycles. The van der Waals surface area contributed by atoms with Crippen LogP contribution in [0.2, 0.25) is 6.55 Å². The first kappa shape index (κ1) is 9.45. The third kappa shape index (κ3) is 2.36. The average molecular weight is 163 g/mol. The lowest BCUT2D eigenvalue weighted by molar-refractivity contribution is 0.148. The van der Waals surface area contributed by atoms with Gasteiger partial charge in [0.1, 0.15) is 0 Å². The largest absolute Gasteiger partial charge is 0.453 e. The Bertz CT molecular complexity index is 119. The van der Waals surface area contributed by atoms with Crippen LogP contribution in [-0.2, 0) is 9.16 Å². The molecule has 4 nitrogen and oxygen atoms in total. The third-order valence-electron chi connectivity index (χ3n) is 1.35. The van der Waals surface area contributed by atoms with Gasteiger partial charge in [-0.2, -0.15) is 0 Å². The predicted molar refractivity (Wildman–Crippen MR) is 40.2 cm³/mol. The van der Waals surface area contributed by atoms with Gasteiger partial charge in [-0.15, -0.1) is 0 Å². The number of hydrogen-bond donors (Lipinski definition) is 0. The smallest absolute Gasteiger partial charge is 0.402 e. The van der Waals surface area contributed by atoms with Crippen molar-refractivity contribution in [1.29, 1.82) is 0 Å². The van der Waals surface area contributed by atoms with Gasteiger partial charge in [0.2, 0.25) is 0 Å². The zero-order valence-corrected chi connectivity index (χ0v) is 7.90. The Labute approximate surface area is 62.5 Å². The number of amides is 1. The summed E-state index contributed by atoms with van der Waals surface area (Å²) in [5.41, 5.74) is 0. The zero-order chi connectivity index (χ0) is 8.15. The molecule has 0 radical (unpaired) electrons. The van der Waals surface area contributed by atoms with Crippen LogP contribution >= 0.6 is 0 Å². The molecule has 0 aromatic rings. The third-order valence-corrected chi connectivity index (χ3v) is 3.33. The Morgan fingerprint density at radius 3 is 2.30 bits per heavy atom. The fourth-order valence-electron chi connectivity index (χ4n) is 0.451. The van der Waals surface area contributed by atoms with Crippen molar-refractivity contribution in [2.45, 2.75) is 6.55 Å². The molecule has 1 unspecified atom stereocenters. The molecule has 0 saturated carbocycles. The maximum absolute atomic E-state index is 10.8. The number of methoxy groups -OCH3 is 1. The Morgan fingerprint density at radius 2 is 2.00 bits per heavy atom. The average Bonchev–Trinajstić information content (AvgIpc) is 2.00. The van der Waals surface area contributed by atoms with Gasteiger partial charge in [0.25, 0.3) is 9.20 Å². The molecule has 0 heterocycles. The monoisotopic (exact) mass is 163 g/mol. The number of nitrogens with zero attached hydrogens (tertiary/aromatic N) is 1. The van der Waals surface area contributed by atoms with Crippen LogP contribution in [0.1, 0.15) is 0 Å². The summed E-state index contributed by atoms with van der Waals surface area (Å²) in [6.45, 7) is 1.90. The van der Waals surface area contributed by atoms with Gasteiger partial charge in [0.15, 0.2) is 0 Å². The van der Waals surface area contributed by atoms with E-state index in [9.17, 15) is 4.79 Å². The van der Waals surface area contributed by atoms with Crippen molar-refractivity contribution in [3.63, 3.8) is 0 Å². The van der Waals surface area contributed by atoms with Crippen molar-refractivity contribution in [1.82, 2.24) is 4.57 Å². The minimum Gasteiger partial charge on any atom is -0.453 e. The van der Waals surface area contributed by atoms with Gasteiger partial charge in [-0.3, -0.25) is 0 Å². The molecule has 10 heavy (non-hydrogen) atoms. The molecule has 60 valence electrons. The highest BCUT2D eigenvalue weighted by Crippen LogP contribution is 1.93. The number of carbonyl (C=O) groups excluding carboxylic acids is 1. The fraction of sp³-hybridized carbons (Fsp3) is 0.800. The Hall–Kier alpha value is -0.553. The summed E-state index contributed by atoms with van der Waals surface area (Å²) in [6, 6.07) is 0. The molecule has 0 aliphatic heterocycles. The number of rotatable bonds is 2.